The van der Waals surface area contributed by atoms with Gasteiger partial charge in [0.15, 0.2) is 11.5 Å². The van der Waals surface area contributed by atoms with Crippen molar-refractivity contribution in [2.45, 2.75) is 41.0 Å². The Bertz CT molecular complexity index is 1080. The minimum absolute atomic E-state index is 0.222. The zero-order chi connectivity index (χ0) is 24.0. The highest BCUT2D eigenvalue weighted by Gasteiger charge is 2.38. The molecule has 0 saturated heterocycles. The number of carbonyl (C=O) groups excluding carboxylic acids is 2. The van der Waals surface area contributed by atoms with Gasteiger partial charge in [-0.1, -0.05) is 30.7 Å². The Morgan fingerprint density at radius 3 is 2.30 bits per heavy atom. The summed E-state index contributed by atoms with van der Waals surface area (Å²) in [4.78, 5) is 27.9. The highest BCUT2D eigenvalue weighted by Crippen LogP contribution is 2.37. The van der Waals surface area contributed by atoms with Crippen LogP contribution in [0.2, 0.25) is 0 Å². The number of carbonyl (C=O) groups is 2. The second kappa shape index (κ2) is 10.9. The normalized spacial score (nSPS) is 14.8. The minimum Gasteiger partial charge on any atom is -0.490 e. The van der Waals surface area contributed by atoms with E-state index in [1.54, 1.807) is 24.8 Å². The monoisotopic (exact) mass is 449 g/mol. The van der Waals surface area contributed by atoms with Crippen LogP contribution in [0.25, 0.3) is 6.08 Å². The Kier molecular flexibility index (Phi) is 7.93. The average molecular weight is 450 g/mol. The number of ether oxygens (including phenoxy) is 3. The highest BCUT2D eigenvalue weighted by molar-refractivity contribution is 6.23. The summed E-state index contributed by atoms with van der Waals surface area (Å²) in [5.74, 6) is 0.456. The molecule has 1 amide bonds. The van der Waals surface area contributed by atoms with Crippen LogP contribution in [0.1, 0.15) is 45.2 Å². The van der Waals surface area contributed by atoms with E-state index in [9.17, 15) is 9.59 Å². The second-order valence-electron chi connectivity index (χ2n) is 7.70. The Labute approximate surface area is 195 Å². The van der Waals surface area contributed by atoms with Crippen molar-refractivity contribution in [1.82, 2.24) is 0 Å². The molecule has 33 heavy (non-hydrogen) atoms. The number of amides is 1. The van der Waals surface area contributed by atoms with Gasteiger partial charge in [0.05, 0.1) is 31.0 Å². The maximum Gasteiger partial charge on any atom is 0.340 e. The van der Waals surface area contributed by atoms with Crippen LogP contribution in [0.3, 0.4) is 0 Å². The van der Waals surface area contributed by atoms with E-state index in [0.29, 0.717) is 36.1 Å². The number of hydrogen-bond acceptors (Lipinski definition) is 5. The van der Waals surface area contributed by atoms with Gasteiger partial charge in [-0.2, -0.15) is 0 Å². The third-order valence-corrected chi connectivity index (χ3v) is 5.21. The van der Waals surface area contributed by atoms with E-state index in [1.807, 2.05) is 63.2 Å². The van der Waals surface area contributed by atoms with Crippen LogP contribution in [-0.4, -0.2) is 31.7 Å². The van der Waals surface area contributed by atoms with E-state index in [2.05, 4.69) is 0 Å². The SMILES string of the molecule is CCCOc1ccc(/C=C2\C(=O)N(c3ccc(C)cc3)C(C)=C2C(=O)OCC)cc1OCC. The van der Waals surface area contributed by atoms with E-state index < -0.39 is 5.97 Å². The first kappa shape index (κ1) is 24.1. The van der Waals surface area contributed by atoms with Gasteiger partial charge in [0.2, 0.25) is 0 Å². The van der Waals surface area contributed by atoms with Gasteiger partial charge in [0.25, 0.3) is 5.91 Å². The van der Waals surface area contributed by atoms with Crippen LogP contribution in [0.4, 0.5) is 5.69 Å². The van der Waals surface area contributed by atoms with Crippen molar-refractivity contribution >= 4 is 23.6 Å². The molecule has 2 aromatic carbocycles. The van der Waals surface area contributed by atoms with Gasteiger partial charge in [-0.05, 0) is 70.0 Å². The molecule has 0 unspecified atom stereocenters. The van der Waals surface area contributed by atoms with Crippen LogP contribution in [-0.2, 0) is 14.3 Å². The van der Waals surface area contributed by atoms with Gasteiger partial charge in [0, 0.05) is 11.4 Å². The number of nitrogens with zero attached hydrogens (tertiary/aromatic N) is 1. The summed E-state index contributed by atoms with van der Waals surface area (Å²) in [6.45, 7) is 10.7. The van der Waals surface area contributed by atoms with Crippen LogP contribution in [0.5, 0.6) is 11.5 Å². The van der Waals surface area contributed by atoms with Gasteiger partial charge in [-0.3, -0.25) is 9.69 Å². The van der Waals surface area contributed by atoms with Gasteiger partial charge >= 0.3 is 5.97 Å². The molecule has 0 atom stereocenters. The number of hydrogen-bond donors (Lipinski definition) is 0. The standard InChI is InChI=1S/C27H31NO5/c1-6-15-33-23-14-11-20(17-24(23)31-7-2)16-22-25(27(30)32-8-3)19(5)28(26(22)29)21-12-9-18(4)10-13-21/h9-14,16-17H,6-8,15H2,1-5H3/b22-16-. The second-order valence-corrected chi connectivity index (χ2v) is 7.70. The molecule has 0 saturated carbocycles. The molecule has 0 spiro atoms. The summed E-state index contributed by atoms with van der Waals surface area (Å²) in [6, 6.07) is 13.1. The summed E-state index contributed by atoms with van der Waals surface area (Å²) in [5.41, 5.74) is 3.62. The minimum atomic E-state index is -0.517. The first-order chi connectivity index (χ1) is 15.9. The number of allylic oxidation sites excluding steroid dienone is 1. The molecule has 174 valence electrons. The number of rotatable bonds is 9. The van der Waals surface area contributed by atoms with E-state index in [-0.39, 0.29) is 23.7 Å². The lowest BCUT2D eigenvalue weighted by atomic mass is 10.0. The molecule has 1 heterocycles. The number of esters is 1. The lowest BCUT2D eigenvalue weighted by molar-refractivity contribution is -0.138. The molecule has 6 nitrogen and oxygen atoms in total. The Morgan fingerprint density at radius 1 is 0.939 bits per heavy atom. The fraction of sp³-hybridized carbons (Fsp3) is 0.333. The zero-order valence-corrected chi connectivity index (χ0v) is 19.9. The molecule has 1 aliphatic heterocycles. The van der Waals surface area contributed by atoms with Crippen LogP contribution in [0, 0.1) is 6.92 Å². The average Bonchev–Trinajstić information content (AvgIpc) is 3.03. The first-order valence-electron chi connectivity index (χ1n) is 11.3. The number of anilines is 1. The molecule has 0 fully saturated rings. The zero-order valence-electron chi connectivity index (χ0n) is 19.9. The summed E-state index contributed by atoms with van der Waals surface area (Å²) >= 11 is 0. The predicted molar refractivity (Wildman–Crippen MR) is 129 cm³/mol. The molecule has 2 aromatic rings. The maximum absolute atomic E-state index is 13.5. The maximum atomic E-state index is 13.5. The lowest BCUT2D eigenvalue weighted by Crippen LogP contribution is -2.24. The summed E-state index contributed by atoms with van der Waals surface area (Å²) in [7, 11) is 0. The lowest BCUT2D eigenvalue weighted by Gasteiger charge is -2.18. The molecular formula is C27H31NO5. The number of aryl methyl sites for hydroxylation is 1. The fourth-order valence-corrected chi connectivity index (χ4v) is 3.67. The van der Waals surface area contributed by atoms with Crippen LogP contribution < -0.4 is 14.4 Å². The van der Waals surface area contributed by atoms with Crippen molar-refractivity contribution in [1.29, 1.82) is 0 Å². The molecule has 6 heteroatoms. The molecule has 1 aliphatic rings. The molecule has 0 aliphatic carbocycles. The van der Waals surface area contributed by atoms with Crippen molar-refractivity contribution in [3.05, 3.63) is 70.4 Å². The van der Waals surface area contributed by atoms with E-state index in [1.165, 1.54) is 0 Å². The largest absolute Gasteiger partial charge is 0.490 e. The molecule has 0 bridgehead atoms. The van der Waals surface area contributed by atoms with Gasteiger partial charge < -0.3 is 14.2 Å². The molecule has 3 rings (SSSR count). The van der Waals surface area contributed by atoms with Crippen molar-refractivity contribution in [3.8, 4) is 11.5 Å². The number of benzene rings is 2. The Balaban J connectivity index is 2.07. The Morgan fingerprint density at radius 2 is 1.67 bits per heavy atom. The third kappa shape index (κ3) is 5.28. The van der Waals surface area contributed by atoms with Crippen molar-refractivity contribution in [2.24, 2.45) is 0 Å². The molecule has 0 aromatic heterocycles. The van der Waals surface area contributed by atoms with Crippen LogP contribution in [0.15, 0.2) is 59.3 Å². The summed E-state index contributed by atoms with van der Waals surface area (Å²) in [6.07, 6.45) is 2.59. The Hall–Kier alpha value is -3.54. The van der Waals surface area contributed by atoms with E-state index >= 15 is 0 Å². The van der Waals surface area contributed by atoms with Crippen molar-refractivity contribution in [2.75, 3.05) is 24.7 Å². The highest BCUT2D eigenvalue weighted by atomic mass is 16.5. The molecule has 0 radical (unpaired) electrons. The molecular weight excluding hydrogens is 418 g/mol. The van der Waals surface area contributed by atoms with Crippen LogP contribution >= 0.6 is 0 Å². The topological polar surface area (TPSA) is 65.1 Å². The summed E-state index contributed by atoms with van der Waals surface area (Å²) in [5, 5.41) is 0. The van der Waals surface area contributed by atoms with Gasteiger partial charge in [-0.25, -0.2) is 4.79 Å². The predicted octanol–water partition coefficient (Wildman–Crippen LogP) is 5.45. The van der Waals surface area contributed by atoms with E-state index in [4.69, 9.17) is 14.2 Å². The van der Waals surface area contributed by atoms with Crippen molar-refractivity contribution < 1.29 is 23.8 Å². The fourth-order valence-electron chi connectivity index (χ4n) is 3.67. The first-order valence-corrected chi connectivity index (χ1v) is 11.3. The summed E-state index contributed by atoms with van der Waals surface area (Å²) < 4.78 is 16.8. The van der Waals surface area contributed by atoms with Crippen molar-refractivity contribution in [3.63, 3.8) is 0 Å². The molecule has 0 N–H and O–H groups in total. The van der Waals surface area contributed by atoms with Gasteiger partial charge in [-0.15, -0.1) is 0 Å². The smallest absolute Gasteiger partial charge is 0.340 e. The quantitative estimate of drug-likeness (QED) is 0.376. The van der Waals surface area contributed by atoms with E-state index in [0.717, 1.165) is 17.5 Å². The van der Waals surface area contributed by atoms with Gasteiger partial charge in [0.1, 0.15) is 0 Å². The third-order valence-electron chi connectivity index (χ3n) is 5.21.